The van der Waals surface area contributed by atoms with E-state index in [0.29, 0.717) is 12.0 Å². The van der Waals surface area contributed by atoms with Crippen molar-refractivity contribution in [3.05, 3.63) is 93.2 Å². The molecule has 0 bridgehead atoms. The van der Waals surface area contributed by atoms with Crippen LogP contribution < -0.4 is 11.5 Å². The summed E-state index contributed by atoms with van der Waals surface area (Å²) in [7, 11) is 0. The van der Waals surface area contributed by atoms with E-state index in [1.807, 2.05) is 60.7 Å². The molecule has 0 aliphatic carbocycles. The van der Waals surface area contributed by atoms with E-state index in [9.17, 15) is 10.1 Å². The third-order valence-electron chi connectivity index (χ3n) is 4.57. The zero-order valence-corrected chi connectivity index (χ0v) is 13.7. The van der Waals surface area contributed by atoms with E-state index in [-0.39, 0.29) is 17.0 Å². The highest BCUT2D eigenvalue weighted by molar-refractivity contribution is 5.82. The molecule has 0 saturated carbocycles. The van der Waals surface area contributed by atoms with Gasteiger partial charge in [0, 0.05) is 23.1 Å². The Balaban J connectivity index is 2.03. The van der Waals surface area contributed by atoms with Crippen LogP contribution in [0.2, 0.25) is 0 Å². The van der Waals surface area contributed by atoms with Gasteiger partial charge < -0.3 is 11.5 Å². The number of nitrogens with zero attached hydrogens (tertiary/aromatic N) is 2. The second-order valence-electron chi connectivity index (χ2n) is 6.17. The van der Waals surface area contributed by atoms with Gasteiger partial charge in [0.15, 0.2) is 6.17 Å². The van der Waals surface area contributed by atoms with Gasteiger partial charge in [0.1, 0.15) is 0 Å². The van der Waals surface area contributed by atoms with E-state index in [1.54, 1.807) is 6.21 Å². The number of hydrogen-bond donors (Lipinski definition) is 2. The third kappa shape index (κ3) is 3.16. The first-order valence-electron chi connectivity index (χ1n) is 8.04. The maximum absolute atomic E-state index is 12.0. The molecule has 6 nitrogen and oxygen atoms in total. The average molecular weight is 336 g/mol. The first-order chi connectivity index (χ1) is 12.0. The Morgan fingerprint density at radius 3 is 2.16 bits per heavy atom. The molecule has 6 heteroatoms. The lowest BCUT2D eigenvalue weighted by Crippen LogP contribution is -2.59. The summed E-state index contributed by atoms with van der Waals surface area (Å²) in [4.78, 5) is 15.9. The number of rotatable bonds is 5. The number of nitrogens with two attached hydrogens (primary N) is 2. The molecule has 1 aliphatic rings. The fourth-order valence-corrected chi connectivity index (χ4v) is 3.13. The molecule has 0 aromatic heterocycles. The van der Waals surface area contributed by atoms with Gasteiger partial charge in [0.25, 0.3) is 5.54 Å². The summed E-state index contributed by atoms with van der Waals surface area (Å²) in [5.74, 6) is 0. The van der Waals surface area contributed by atoms with Crippen molar-refractivity contribution in [2.75, 3.05) is 0 Å². The van der Waals surface area contributed by atoms with Crippen LogP contribution in [-0.2, 0) is 12.8 Å². The Hall–Kier alpha value is -2.99. The zero-order valence-electron chi connectivity index (χ0n) is 13.7. The van der Waals surface area contributed by atoms with E-state index < -0.39 is 11.7 Å². The van der Waals surface area contributed by atoms with Crippen molar-refractivity contribution in [2.45, 2.75) is 24.5 Å². The molecule has 0 saturated heterocycles. The van der Waals surface area contributed by atoms with Crippen LogP contribution in [0, 0.1) is 10.1 Å². The molecule has 2 atom stereocenters. The third-order valence-corrected chi connectivity index (χ3v) is 4.57. The van der Waals surface area contributed by atoms with Gasteiger partial charge in [-0.05, 0) is 11.1 Å². The number of nitro groups is 1. The first-order valence-corrected chi connectivity index (χ1v) is 8.04. The second-order valence-corrected chi connectivity index (χ2v) is 6.17. The maximum Gasteiger partial charge on any atom is 0.299 e. The molecule has 1 heterocycles. The Morgan fingerprint density at radius 1 is 1.04 bits per heavy atom. The van der Waals surface area contributed by atoms with Crippen molar-refractivity contribution in [2.24, 2.45) is 16.5 Å². The highest BCUT2D eigenvalue weighted by Crippen LogP contribution is 2.32. The SMILES string of the molecule is NC1=C(Cc2ccccc2)C=NC(N)C1(Cc1ccccc1)[N+](=O)[O-]. The smallest absolute Gasteiger partial charge is 0.299 e. The minimum absolute atomic E-state index is 0.101. The van der Waals surface area contributed by atoms with E-state index in [2.05, 4.69) is 4.99 Å². The van der Waals surface area contributed by atoms with E-state index in [4.69, 9.17) is 11.5 Å². The van der Waals surface area contributed by atoms with Gasteiger partial charge in [-0.1, -0.05) is 60.7 Å². The largest absolute Gasteiger partial charge is 0.396 e. The summed E-state index contributed by atoms with van der Waals surface area (Å²) in [6.45, 7) is 0. The first kappa shape index (κ1) is 16.9. The van der Waals surface area contributed by atoms with Gasteiger partial charge >= 0.3 is 0 Å². The Bertz CT molecular complexity index is 818. The summed E-state index contributed by atoms with van der Waals surface area (Å²) < 4.78 is 0. The van der Waals surface area contributed by atoms with Crippen LogP contribution in [0.3, 0.4) is 0 Å². The summed E-state index contributed by atoms with van der Waals surface area (Å²) in [6.07, 6.45) is 1.12. The molecule has 25 heavy (non-hydrogen) atoms. The summed E-state index contributed by atoms with van der Waals surface area (Å²) in [5.41, 5.74) is 13.4. The van der Waals surface area contributed by atoms with Crippen molar-refractivity contribution in [3.8, 4) is 0 Å². The van der Waals surface area contributed by atoms with Crippen molar-refractivity contribution < 1.29 is 4.92 Å². The molecule has 0 amide bonds. The predicted molar refractivity (Wildman–Crippen MR) is 97.7 cm³/mol. The molecule has 0 radical (unpaired) electrons. The number of hydrogen-bond acceptors (Lipinski definition) is 5. The van der Waals surface area contributed by atoms with Crippen LogP contribution in [-0.4, -0.2) is 22.8 Å². The minimum Gasteiger partial charge on any atom is -0.396 e. The normalized spacial score (nSPS) is 22.8. The summed E-state index contributed by atoms with van der Waals surface area (Å²) in [5, 5.41) is 12.0. The van der Waals surface area contributed by atoms with Crippen LogP contribution in [0.25, 0.3) is 0 Å². The summed E-state index contributed by atoms with van der Waals surface area (Å²) in [6, 6.07) is 18.9. The Labute approximate surface area is 146 Å². The van der Waals surface area contributed by atoms with Gasteiger partial charge in [-0.15, -0.1) is 0 Å². The van der Waals surface area contributed by atoms with Crippen LogP contribution in [0.1, 0.15) is 11.1 Å². The van der Waals surface area contributed by atoms with Gasteiger partial charge in [-0.2, -0.15) is 0 Å². The van der Waals surface area contributed by atoms with Crippen LogP contribution in [0.4, 0.5) is 0 Å². The molecule has 4 N–H and O–H groups in total. The van der Waals surface area contributed by atoms with Gasteiger partial charge in [-0.3, -0.25) is 15.1 Å². The average Bonchev–Trinajstić information content (AvgIpc) is 2.62. The van der Waals surface area contributed by atoms with Crippen molar-refractivity contribution in [1.82, 2.24) is 0 Å². The van der Waals surface area contributed by atoms with Crippen molar-refractivity contribution in [3.63, 3.8) is 0 Å². The van der Waals surface area contributed by atoms with Crippen molar-refractivity contribution >= 4 is 6.21 Å². The molecule has 3 rings (SSSR count). The van der Waals surface area contributed by atoms with Gasteiger partial charge in [0.05, 0.1) is 12.1 Å². The molecule has 0 fully saturated rings. The number of allylic oxidation sites excluding steroid dienone is 1. The maximum atomic E-state index is 12.0. The zero-order chi connectivity index (χ0) is 17.9. The lowest BCUT2D eigenvalue weighted by atomic mass is 9.81. The van der Waals surface area contributed by atoms with Crippen LogP contribution in [0.5, 0.6) is 0 Å². The molecule has 128 valence electrons. The number of benzene rings is 2. The van der Waals surface area contributed by atoms with E-state index in [1.165, 1.54) is 0 Å². The van der Waals surface area contributed by atoms with Crippen molar-refractivity contribution in [1.29, 1.82) is 0 Å². The molecular weight excluding hydrogens is 316 g/mol. The molecule has 2 unspecified atom stereocenters. The van der Waals surface area contributed by atoms with E-state index >= 15 is 0 Å². The fraction of sp³-hybridized carbons (Fsp3) is 0.211. The predicted octanol–water partition coefficient (Wildman–Crippen LogP) is 2.07. The number of aliphatic imine (C=N–C) groups is 1. The molecule has 2 aromatic carbocycles. The van der Waals surface area contributed by atoms with Crippen LogP contribution >= 0.6 is 0 Å². The standard InChI is InChI=1S/C19H20N4O2/c20-17-16(11-14-7-3-1-4-8-14)13-22-18(21)19(17,23(24)25)12-15-9-5-2-6-10-15/h1-10,13,18H,11-12,20-21H2. The van der Waals surface area contributed by atoms with Gasteiger partial charge in [-0.25, -0.2) is 0 Å². The molecular formula is C19H20N4O2. The number of dihydropyridines is 1. The minimum atomic E-state index is -1.64. The van der Waals surface area contributed by atoms with Gasteiger partial charge in [0.2, 0.25) is 0 Å². The summed E-state index contributed by atoms with van der Waals surface area (Å²) >= 11 is 0. The fourth-order valence-electron chi connectivity index (χ4n) is 3.13. The molecule has 2 aromatic rings. The van der Waals surface area contributed by atoms with Crippen LogP contribution in [0.15, 0.2) is 76.9 Å². The topological polar surface area (TPSA) is 108 Å². The Kier molecular flexibility index (Phi) is 4.63. The Morgan fingerprint density at radius 2 is 1.60 bits per heavy atom. The lowest BCUT2D eigenvalue weighted by Gasteiger charge is -2.33. The quantitative estimate of drug-likeness (QED) is 0.643. The molecule has 1 aliphatic heterocycles. The monoisotopic (exact) mass is 336 g/mol. The van der Waals surface area contributed by atoms with E-state index in [0.717, 1.165) is 11.1 Å². The highest BCUT2D eigenvalue weighted by atomic mass is 16.6. The highest BCUT2D eigenvalue weighted by Gasteiger charge is 2.54. The molecule has 0 spiro atoms. The second kappa shape index (κ2) is 6.86. The lowest BCUT2D eigenvalue weighted by molar-refractivity contribution is -0.562.